The number of halogens is 4. The highest BCUT2D eigenvalue weighted by Gasteiger charge is 2.45. The van der Waals surface area contributed by atoms with Crippen molar-refractivity contribution in [2.24, 2.45) is 5.92 Å². The monoisotopic (exact) mass is 442 g/mol. The number of benzene rings is 1. The summed E-state index contributed by atoms with van der Waals surface area (Å²) in [6.07, 6.45) is -4.82. The van der Waals surface area contributed by atoms with E-state index >= 15 is 0 Å². The van der Waals surface area contributed by atoms with Gasteiger partial charge < -0.3 is 9.52 Å². The maximum absolute atomic E-state index is 13.4. The lowest BCUT2D eigenvalue weighted by molar-refractivity contribution is -0.181. The standard InChI is InChI=1S/C20H14ClF3O4S/c21-13-5-3-11(4-6-13)18-17(19(26)27)12(10-29-18)8-16(25)15(20(22,23)24)9-14-2-1-7-28-14/h1-7,10,15H,8-9H2,(H,26,27). The third kappa shape index (κ3) is 4.89. The predicted octanol–water partition coefficient (Wildman–Crippen LogP) is 5.89. The lowest BCUT2D eigenvalue weighted by atomic mass is 9.92. The van der Waals surface area contributed by atoms with Crippen LogP contribution in [0.4, 0.5) is 13.2 Å². The number of aromatic carboxylic acids is 1. The Balaban J connectivity index is 1.91. The molecule has 0 spiro atoms. The van der Waals surface area contributed by atoms with Crippen LogP contribution in [0.1, 0.15) is 21.7 Å². The van der Waals surface area contributed by atoms with Crippen LogP contribution in [0, 0.1) is 5.92 Å². The van der Waals surface area contributed by atoms with Crippen LogP contribution in [0.3, 0.4) is 0 Å². The van der Waals surface area contributed by atoms with E-state index in [-0.39, 0.29) is 16.9 Å². The lowest BCUT2D eigenvalue weighted by Gasteiger charge is -2.18. The summed E-state index contributed by atoms with van der Waals surface area (Å²) in [6, 6.07) is 9.18. The summed E-state index contributed by atoms with van der Waals surface area (Å²) in [5.74, 6) is -4.68. The summed E-state index contributed by atoms with van der Waals surface area (Å²) in [4.78, 5) is 24.6. The smallest absolute Gasteiger partial charge is 0.399 e. The van der Waals surface area contributed by atoms with Gasteiger partial charge in [-0.15, -0.1) is 11.3 Å². The molecule has 0 saturated heterocycles. The number of rotatable bonds is 7. The van der Waals surface area contributed by atoms with Gasteiger partial charge in [0.1, 0.15) is 17.5 Å². The van der Waals surface area contributed by atoms with E-state index in [0.717, 1.165) is 11.3 Å². The number of carbonyl (C=O) groups excluding carboxylic acids is 1. The topological polar surface area (TPSA) is 67.5 Å². The number of thiophene rings is 1. The quantitative estimate of drug-likeness (QED) is 0.495. The molecule has 1 unspecified atom stereocenters. The van der Waals surface area contributed by atoms with Gasteiger partial charge in [-0.1, -0.05) is 23.7 Å². The lowest BCUT2D eigenvalue weighted by Crippen LogP contribution is -2.33. The van der Waals surface area contributed by atoms with Crippen molar-refractivity contribution in [3.8, 4) is 10.4 Å². The van der Waals surface area contributed by atoms with Gasteiger partial charge in [-0.2, -0.15) is 13.2 Å². The normalized spacial score (nSPS) is 12.7. The average molecular weight is 443 g/mol. The van der Waals surface area contributed by atoms with Gasteiger partial charge in [0.25, 0.3) is 0 Å². The van der Waals surface area contributed by atoms with Gasteiger partial charge in [0.2, 0.25) is 0 Å². The van der Waals surface area contributed by atoms with Crippen LogP contribution < -0.4 is 0 Å². The van der Waals surface area contributed by atoms with E-state index in [1.165, 1.54) is 23.8 Å². The molecule has 0 bridgehead atoms. The number of alkyl halides is 3. The minimum atomic E-state index is -4.78. The molecule has 1 atom stereocenters. The van der Waals surface area contributed by atoms with Crippen molar-refractivity contribution in [2.75, 3.05) is 0 Å². The average Bonchev–Trinajstić information content (AvgIpc) is 3.29. The third-order valence-corrected chi connectivity index (χ3v) is 5.65. The van der Waals surface area contributed by atoms with E-state index in [2.05, 4.69) is 0 Å². The molecular formula is C20H14ClF3O4S. The van der Waals surface area contributed by atoms with Crippen LogP contribution >= 0.6 is 22.9 Å². The van der Waals surface area contributed by atoms with Gasteiger partial charge in [-0.25, -0.2) is 4.79 Å². The van der Waals surface area contributed by atoms with Crippen molar-refractivity contribution in [2.45, 2.75) is 19.0 Å². The Hall–Kier alpha value is -2.58. The first-order valence-corrected chi connectivity index (χ1v) is 9.64. The Kier molecular flexibility index (Phi) is 6.14. The molecule has 3 aromatic rings. The zero-order valence-corrected chi connectivity index (χ0v) is 16.3. The van der Waals surface area contributed by atoms with Crippen LogP contribution in [0.25, 0.3) is 10.4 Å². The number of carbonyl (C=O) groups is 2. The second-order valence-corrected chi connectivity index (χ2v) is 7.61. The summed E-state index contributed by atoms with van der Waals surface area (Å²) in [7, 11) is 0. The minimum absolute atomic E-state index is 0.0336. The zero-order valence-electron chi connectivity index (χ0n) is 14.7. The molecule has 9 heteroatoms. The summed E-state index contributed by atoms with van der Waals surface area (Å²) < 4.78 is 45.3. The molecule has 0 aliphatic rings. The van der Waals surface area contributed by atoms with E-state index in [1.807, 2.05) is 0 Å². The van der Waals surface area contributed by atoms with Crippen molar-refractivity contribution < 1.29 is 32.3 Å². The van der Waals surface area contributed by atoms with Crippen LogP contribution in [0.15, 0.2) is 52.5 Å². The first-order chi connectivity index (χ1) is 13.7. The minimum Gasteiger partial charge on any atom is -0.478 e. The first kappa shape index (κ1) is 21.1. The van der Waals surface area contributed by atoms with E-state index in [1.54, 1.807) is 24.3 Å². The Bertz CT molecular complexity index is 1010. The van der Waals surface area contributed by atoms with Crippen LogP contribution in [-0.4, -0.2) is 23.0 Å². The highest BCUT2D eigenvalue weighted by atomic mass is 35.5. The zero-order chi connectivity index (χ0) is 21.2. The van der Waals surface area contributed by atoms with E-state index in [4.69, 9.17) is 16.0 Å². The van der Waals surface area contributed by atoms with Gasteiger partial charge >= 0.3 is 12.1 Å². The van der Waals surface area contributed by atoms with E-state index in [9.17, 15) is 27.9 Å². The number of Topliss-reactive ketones (excluding diaryl/α,β-unsaturated/α-hetero) is 1. The molecule has 0 amide bonds. The fourth-order valence-corrected chi connectivity index (χ4v) is 4.12. The highest BCUT2D eigenvalue weighted by Crippen LogP contribution is 2.36. The van der Waals surface area contributed by atoms with E-state index < -0.39 is 36.7 Å². The second-order valence-electron chi connectivity index (χ2n) is 6.30. The Labute approximate surface area is 172 Å². The van der Waals surface area contributed by atoms with Crippen LogP contribution in [0.2, 0.25) is 5.02 Å². The molecule has 1 N–H and O–H groups in total. The maximum atomic E-state index is 13.4. The number of carboxylic acid groups (broad SMARTS) is 1. The van der Waals surface area contributed by atoms with Crippen molar-refractivity contribution >= 4 is 34.7 Å². The predicted molar refractivity (Wildman–Crippen MR) is 102 cm³/mol. The largest absolute Gasteiger partial charge is 0.478 e. The van der Waals surface area contributed by atoms with Crippen molar-refractivity contribution in [3.05, 3.63) is 70.0 Å². The molecule has 0 saturated carbocycles. The molecule has 0 radical (unpaired) electrons. The molecule has 0 aliphatic heterocycles. The second kappa shape index (κ2) is 8.42. The summed E-state index contributed by atoms with van der Waals surface area (Å²) >= 11 is 6.89. The van der Waals surface area contributed by atoms with Gasteiger partial charge in [-0.3, -0.25) is 4.79 Å². The molecule has 0 fully saturated rings. The molecule has 4 nitrogen and oxygen atoms in total. The molecule has 152 valence electrons. The number of hydrogen-bond donors (Lipinski definition) is 1. The van der Waals surface area contributed by atoms with E-state index in [0.29, 0.717) is 15.5 Å². The highest BCUT2D eigenvalue weighted by molar-refractivity contribution is 7.14. The fraction of sp³-hybridized carbons (Fsp3) is 0.200. The number of carboxylic acids is 1. The molecule has 2 heterocycles. The van der Waals surface area contributed by atoms with Crippen molar-refractivity contribution in [1.29, 1.82) is 0 Å². The van der Waals surface area contributed by atoms with Crippen LogP contribution in [0.5, 0.6) is 0 Å². The maximum Gasteiger partial charge on any atom is 0.399 e. The summed E-state index contributed by atoms with van der Waals surface area (Å²) in [5.41, 5.74) is 0.425. The first-order valence-electron chi connectivity index (χ1n) is 8.38. The van der Waals surface area contributed by atoms with Gasteiger partial charge in [0.15, 0.2) is 0 Å². The number of hydrogen-bond acceptors (Lipinski definition) is 4. The Morgan fingerprint density at radius 1 is 1.17 bits per heavy atom. The fourth-order valence-electron chi connectivity index (χ4n) is 2.92. The molecule has 2 aromatic heterocycles. The number of furan rings is 1. The SMILES string of the molecule is O=C(O)c1c(CC(=O)C(Cc2ccco2)C(F)(F)F)csc1-c1ccc(Cl)cc1. The van der Waals surface area contributed by atoms with Gasteiger partial charge in [0, 0.05) is 22.7 Å². The summed E-state index contributed by atoms with van der Waals surface area (Å²) in [5, 5.41) is 11.5. The summed E-state index contributed by atoms with van der Waals surface area (Å²) in [6.45, 7) is 0. The van der Waals surface area contributed by atoms with Crippen LogP contribution in [-0.2, 0) is 17.6 Å². The van der Waals surface area contributed by atoms with Gasteiger partial charge in [-0.05, 0) is 40.8 Å². The Morgan fingerprint density at radius 2 is 1.86 bits per heavy atom. The third-order valence-electron chi connectivity index (χ3n) is 4.32. The van der Waals surface area contributed by atoms with Crippen molar-refractivity contribution in [3.63, 3.8) is 0 Å². The molecule has 3 rings (SSSR count). The molecule has 0 aliphatic carbocycles. The Morgan fingerprint density at radius 3 is 2.41 bits per heavy atom. The van der Waals surface area contributed by atoms with Crippen molar-refractivity contribution in [1.82, 2.24) is 0 Å². The molecule has 29 heavy (non-hydrogen) atoms. The van der Waals surface area contributed by atoms with Gasteiger partial charge in [0.05, 0.1) is 11.8 Å². The number of ketones is 1. The molecule has 1 aromatic carbocycles. The molecular weight excluding hydrogens is 429 g/mol.